The molecule has 0 unspecified atom stereocenters. The van der Waals surface area contributed by atoms with Crippen LogP contribution in [0.3, 0.4) is 0 Å². The Morgan fingerprint density at radius 2 is 2.20 bits per heavy atom. The van der Waals surface area contributed by atoms with Gasteiger partial charge in [0.1, 0.15) is 0 Å². The predicted molar refractivity (Wildman–Crippen MR) is 79.9 cm³/mol. The summed E-state index contributed by atoms with van der Waals surface area (Å²) in [4.78, 5) is 18.0. The number of hydrogen-bond donors (Lipinski definition) is 2. The van der Waals surface area contributed by atoms with Gasteiger partial charge in [0, 0.05) is 22.4 Å². The summed E-state index contributed by atoms with van der Waals surface area (Å²) in [5.74, 6) is -0.0256. The molecule has 0 atom stereocenters. The van der Waals surface area contributed by atoms with E-state index in [9.17, 15) is 10.1 Å². The van der Waals surface area contributed by atoms with Crippen molar-refractivity contribution in [3.05, 3.63) is 57.2 Å². The monoisotopic (exact) mass is 335 g/mol. The summed E-state index contributed by atoms with van der Waals surface area (Å²) in [6, 6.07) is 10.1. The highest BCUT2D eigenvalue weighted by Crippen LogP contribution is 2.23. The summed E-state index contributed by atoms with van der Waals surface area (Å²) in [5.41, 5.74) is 6.22. The zero-order valence-corrected chi connectivity index (χ0v) is 11.7. The van der Waals surface area contributed by atoms with Crippen LogP contribution in [0.25, 0.3) is 0 Å². The maximum Gasteiger partial charge on any atom is 0.313 e. The molecule has 0 radical (unpaired) electrons. The molecule has 102 valence electrons. The lowest BCUT2D eigenvalue weighted by Gasteiger charge is -2.05. The second-order valence-corrected chi connectivity index (χ2v) is 4.65. The van der Waals surface area contributed by atoms with Gasteiger partial charge in [0.05, 0.1) is 4.92 Å². The number of benzene rings is 1. The largest absolute Gasteiger partial charge is 0.369 e. The van der Waals surface area contributed by atoms with Gasteiger partial charge in [0.25, 0.3) is 0 Å². The molecule has 1 aromatic carbocycles. The number of hydrogen-bond acceptors (Lipinski definition) is 4. The number of nitro groups is 1. The van der Waals surface area contributed by atoms with Crippen molar-refractivity contribution in [2.75, 3.05) is 5.32 Å². The number of nitrogens with one attached hydrogen (secondary N) is 1. The maximum absolute atomic E-state index is 10.8. The smallest absolute Gasteiger partial charge is 0.313 e. The van der Waals surface area contributed by atoms with Crippen LogP contribution in [0.15, 0.2) is 52.1 Å². The zero-order valence-electron chi connectivity index (χ0n) is 10.2. The van der Waals surface area contributed by atoms with Gasteiger partial charge in [0.15, 0.2) is 5.96 Å². The number of anilines is 1. The third kappa shape index (κ3) is 3.51. The summed E-state index contributed by atoms with van der Waals surface area (Å²) >= 11 is 3.33. The molecule has 0 aliphatic carbocycles. The minimum atomic E-state index is -0.557. The van der Waals surface area contributed by atoms with E-state index in [4.69, 9.17) is 5.73 Å². The fourth-order valence-corrected chi connectivity index (χ4v) is 1.87. The van der Waals surface area contributed by atoms with Crippen LogP contribution >= 0.6 is 15.9 Å². The lowest BCUT2D eigenvalue weighted by molar-refractivity contribution is -0.384. The van der Waals surface area contributed by atoms with E-state index in [1.54, 1.807) is 12.1 Å². The van der Waals surface area contributed by atoms with E-state index in [0.29, 0.717) is 5.69 Å². The first-order valence-corrected chi connectivity index (χ1v) is 6.32. The molecule has 0 saturated heterocycles. The van der Waals surface area contributed by atoms with E-state index in [0.717, 1.165) is 4.47 Å². The van der Waals surface area contributed by atoms with Gasteiger partial charge in [-0.25, -0.2) is 4.98 Å². The Hall–Kier alpha value is -2.48. The Morgan fingerprint density at radius 1 is 1.40 bits per heavy atom. The molecule has 7 nitrogen and oxygen atoms in total. The normalized spacial score (nSPS) is 11.2. The number of nitrogens with two attached hydrogens (primary N) is 1. The summed E-state index contributed by atoms with van der Waals surface area (Å²) in [6.45, 7) is 0. The maximum atomic E-state index is 10.8. The molecular weight excluding hydrogens is 326 g/mol. The molecule has 0 amide bonds. The van der Waals surface area contributed by atoms with Crippen molar-refractivity contribution in [2.24, 2.45) is 10.7 Å². The fraction of sp³-hybridized carbons (Fsp3) is 0. The Kier molecular flexibility index (Phi) is 4.26. The summed E-state index contributed by atoms with van der Waals surface area (Å²) in [7, 11) is 0. The molecule has 0 spiro atoms. The molecule has 1 heterocycles. The van der Waals surface area contributed by atoms with Crippen LogP contribution in [0, 0.1) is 10.1 Å². The number of rotatable bonds is 3. The average Bonchev–Trinajstić information content (AvgIpc) is 2.38. The number of aromatic nitrogens is 1. The van der Waals surface area contributed by atoms with Gasteiger partial charge < -0.3 is 11.1 Å². The van der Waals surface area contributed by atoms with E-state index >= 15 is 0 Å². The Balaban J connectivity index is 2.25. The van der Waals surface area contributed by atoms with Crippen molar-refractivity contribution in [3.8, 4) is 0 Å². The number of pyridine rings is 1. The number of nitrogens with zero attached hydrogens (tertiary/aromatic N) is 3. The van der Waals surface area contributed by atoms with Crippen molar-refractivity contribution < 1.29 is 4.92 Å². The first kappa shape index (κ1) is 13.9. The van der Waals surface area contributed by atoms with Crippen molar-refractivity contribution in [1.82, 2.24) is 4.98 Å². The number of halogens is 1. The highest BCUT2D eigenvalue weighted by atomic mass is 79.9. The summed E-state index contributed by atoms with van der Waals surface area (Å²) in [5, 5.41) is 13.7. The standard InChI is InChI=1S/C12H10BrN5O2/c13-8-3-1-4-9(7-8)16-12(14)17-11-10(18(19)20)5-2-6-15-11/h1-7H,(H3,14,15,16,17). The second kappa shape index (κ2) is 6.11. The third-order valence-electron chi connectivity index (χ3n) is 2.29. The van der Waals surface area contributed by atoms with Crippen molar-refractivity contribution in [1.29, 1.82) is 0 Å². The van der Waals surface area contributed by atoms with Gasteiger partial charge in [-0.1, -0.05) is 22.0 Å². The first-order chi connectivity index (χ1) is 9.56. The molecule has 2 aromatic rings. The van der Waals surface area contributed by atoms with Gasteiger partial charge in [-0.2, -0.15) is 4.99 Å². The molecule has 1 aromatic heterocycles. The van der Waals surface area contributed by atoms with E-state index in [2.05, 4.69) is 31.2 Å². The SMILES string of the molecule is N/C(=N\c1ncccc1[N+](=O)[O-])Nc1cccc(Br)c1. The first-order valence-electron chi connectivity index (χ1n) is 5.52. The molecule has 8 heteroatoms. The van der Waals surface area contributed by atoms with Crippen LogP contribution in [0.2, 0.25) is 0 Å². The summed E-state index contributed by atoms with van der Waals surface area (Å²) < 4.78 is 0.874. The Bertz CT molecular complexity index is 674. The van der Waals surface area contributed by atoms with E-state index in [-0.39, 0.29) is 17.5 Å². The predicted octanol–water partition coefficient (Wildman–Crippen LogP) is 2.81. The van der Waals surface area contributed by atoms with Crippen LogP contribution in [0.4, 0.5) is 17.2 Å². The Labute approximate surface area is 122 Å². The van der Waals surface area contributed by atoms with E-state index in [1.165, 1.54) is 18.3 Å². The van der Waals surface area contributed by atoms with Crippen molar-refractivity contribution >= 4 is 39.1 Å². The van der Waals surface area contributed by atoms with E-state index < -0.39 is 4.92 Å². The molecule has 20 heavy (non-hydrogen) atoms. The van der Waals surface area contributed by atoms with Crippen molar-refractivity contribution in [2.45, 2.75) is 0 Å². The lowest BCUT2D eigenvalue weighted by Crippen LogP contribution is -2.22. The molecule has 0 fully saturated rings. The van der Waals surface area contributed by atoms with Gasteiger partial charge in [-0.15, -0.1) is 0 Å². The molecule has 0 aliphatic rings. The quantitative estimate of drug-likeness (QED) is 0.388. The van der Waals surface area contributed by atoms with Crippen LogP contribution in [0.1, 0.15) is 0 Å². The minimum absolute atomic E-state index is 0.0184. The van der Waals surface area contributed by atoms with Crippen LogP contribution in [-0.4, -0.2) is 15.9 Å². The van der Waals surface area contributed by atoms with Crippen molar-refractivity contribution in [3.63, 3.8) is 0 Å². The topological polar surface area (TPSA) is 106 Å². The lowest BCUT2D eigenvalue weighted by atomic mass is 10.3. The molecule has 0 saturated carbocycles. The minimum Gasteiger partial charge on any atom is -0.369 e. The van der Waals surface area contributed by atoms with Crippen LogP contribution < -0.4 is 11.1 Å². The zero-order chi connectivity index (χ0) is 14.5. The molecule has 0 bridgehead atoms. The molecular formula is C12H10BrN5O2. The van der Waals surface area contributed by atoms with Gasteiger partial charge in [-0.3, -0.25) is 10.1 Å². The van der Waals surface area contributed by atoms with Gasteiger partial charge in [-0.05, 0) is 24.3 Å². The third-order valence-corrected chi connectivity index (χ3v) is 2.78. The molecule has 2 rings (SSSR count). The van der Waals surface area contributed by atoms with Crippen LogP contribution in [-0.2, 0) is 0 Å². The fourth-order valence-electron chi connectivity index (χ4n) is 1.47. The Morgan fingerprint density at radius 3 is 2.90 bits per heavy atom. The highest BCUT2D eigenvalue weighted by molar-refractivity contribution is 9.10. The molecule has 3 N–H and O–H groups in total. The van der Waals surface area contributed by atoms with Crippen LogP contribution in [0.5, 0.6) is 0 Å². The highest BCUT2D eigenvalue weighted by Gasteiger charge is 2.13. The second-order valence-electron chi connectivity index (χ2n) is 3.74. The summed E-state index contributed by atoms with van der Waals surface area (Å²) in [6.07, 6.45) is 1.41. The van der Waals surface area contributed by atoms with E-state index in [1.807, 2.05) is 12.1 Å². The van der Waals surface area contributed by atoms with Gasteiger partial charge >= 0.3 is 5.69 Å². The average molecular weight is 336 g/mol. The number of guanidine groups is 1. The number of aliphatic imine (C=N–C) groups is 1. The van der Waals surface area contributed by atoms with Gasteiger partial charge in [0.2, 0.25) is 5.82 Å². The molecule has 0 aliphatic heterocycles.